The maximum Gasteiger partial charge on any atom is 2.00 e. The van der Waals surface area contributed by atoms with Crippen LogP contribution in [0.15, 0.2) is 11.1 Å². The standard InChI is InChI=1S/C8H12.Mg/c1-7-5-3-4-6-8(7)2;/h1-6H2;/q-2;+2. The van der Waals surface area contributed by atoms with Gasteiger partial charge in [-0.3, -0.25) is 0 Å². The van der Waals surface area contributed by atoms with E-state index in [0.717, 1.165) is 0 Å². The third-order valence-electron chi connectivity index (χ3n) is 1.71. The van der Waals surface area contributed by atoms with Gasteiger partial charge >= 0.3 is 23.1 Å². The predicted molar refractivity (Wildman–Crippen MR) is 42.0 cm³/mol. The minimum absolute atomic E-state index is 0. The summed E-state index contributed by atoms with van der Waals surface area (Å²) in [5.41, 5.74) is 2.55. The molecule has 1 aliphatic carbocycles. The molecule has 0 heterocycles. The van der Waals surface area contributed by atoms with E-state index in [4.69, 9.17) is 0 Å². The van der Waals surface area contributed by atoms with Gasteiger partial charge in [0.05, 0.1) is 0 Å². The molecular weight excluding hydrogens is 120 g/mol. The first-order valence-corrected chi connectivity index (χ1v) is 3.16. The molecule has 0 nitrogen and oxygen atoms in total. The fourth-order valence-electron chi connectivity index (χ4n) is 1.03. The van der Waals surface area contributed by atoms with E-state index in [1.807, 2.05) is 0 Å². The maximum absolute atomic E-state index is 3.90. The third-order valence-corrected chi connectivity index (χ3v) is 1.71. The number of allylic oxidation sites excluding steroid dienone is 2. The average Bonchev–Trinajstić information content (AvgIpc) is 1.77. The monoisotopic (exact) mass is 132 g/mol. The Morgan fingerprint density at radius 3 is 1.44 bits per heavy atom. The maximum atomic E-state index is 3.90. The Kier molecular flexibility index (Phi) is 4.24. The summed E-state index contributed by atoms with van der Waals surface area (Å²) >= 11 is 0. The first-order valence-electron chi connectivity index (χ1n) is 3.16. The minimum atomic E-state index is 0. The second-order valence-corrected chi connectivity index (χ2v) is 2.41. The van der Waals surface area contributed by atoms with Crippen LogP contribution in [0.3, 0.4) is 0 Å². The van der Waals surface area contributed by atoms with Gasteiger partial charge in [-0.15, -0.1) is 12.8 Å². The van der Waals surface area contributed by atoms with E-state index in [9.17, 15) is 0 Å². The van der Waals surface area contributed by atoms with Gasteiger partial charge in [-0.1, -0.05) is 12.8 Å². The summed E-state index contributed by atoms with van der Waals surface area (Å²) < 4.78 is 0. The summed E-state index contributed by atoms with van der Waals surface area (Å²) in [5, 5.41) is 0. The summed E-state index contributed by atoms with van der Waals surface area (Å²) in [6.45, 7) is 7.79. The van der Waals surface area contributed by atoms with Crippen LogP contribution in [0.1, 0.15) is 25.7 Å². The topological polar surface area (TPSA) is 0 Å². The molecule has 0 unspecified atom stereocenters. The Hall–Kier alpha value is 0.246. The van der Waals surface area contributed by atoms with Crippen molar-refractivity contribution < 1.29 is 0 Å². The van der Waals surface area contributed by atoms with Crippen molar-refractivity contribution in [3.63, 3.8) is 0 Å². The molecule has 46 valence electrons. The van der Waals surface area contributed by atoms with Gasteiger partial charge < -0.3 is 25.0 Å². The van der Waals surface area contributed by atoms with Gasteiger partial charge in [-0.2, -0.15) is 0 Å². The van der Waals surface area contributed by atoms with Crippen LogP contribution in [0.25, 0.3) is 0 Å². The zero-order chi connectivity index (χ0) is 5.98. The van der Waals surface area contributed by atoms with Crippen molar-refractivity contribution >= 4 is 23.1 Å². The van der Waals surface area contributed by atoms with Crippen molar-refractivity contribution in [2.24, 2.45) is 0 Å². The fourth-order valence-corrected chi connectivity index (χ4v) is 1.03. The van der Waals surface area contributed by atoms with E-state index < -0.39 is 0 Å². The molecule has 0 aliphatic heterocycles. The minimum Gasteiger partial charge on any atom is -0.364 e. The Labute approximate surface area is 73.9 Å². The summed E-state index contributed by atoms with van der Waals surface area (Å²) in [5.74, 6) is 0. The quantitative estimate of drug-likeness (QED) is 0.350. The summed E-state index contributed by atoms with van der Waals surface area (Å²) in [6, 6.07) is 0. The van der Waals surface area contributed by atoms with Crippen molar-refractivity contribution in [3.8, 4) is 0 Å². The molecule has 0 aromatic rings. The predicted octanol–water partition coefficient (Wildman–Crippen LogP) is 2.14. The molecule has 0 aromatic carbocycles. The Morgan fingerprint density at radius 2 is 1.22 bits per heavy atom. The average molecular weight is 132 g/mol. The molecule has 0 N–H and O–H groups in total. The first-order chi connectivity index (χ1) is 3.80. The van der Waals surface area contributed by atoms with Crippen molar-refractivity contribution in [2.75, 3.05) is 0 Å². The second-order valence-electron chi connectivity index (χ2n) is 2.41. The molecule has 0 spiro atoms. The van der Waals surface area contributed by atoms with Crippen LogP contribution in [0, 0.1) is 13.8 Å². The van der Waals surface area contributed by atoms with Crippen LogP contribution < -0.4 is 0 Å². The number of hydrogen-bond donors (Lipinski definition) is 0. The van der Waals surface area contributed by atoms with Crippen molar-refractivity contribution in [3.05, 3.63) is 25.0 Å². The second kappa shape index (κ2) is 4.12. The van der Waals surface area contributed by atoms with E-state index in [-0.39, 0.29) is 23.1 Å². The van der Waals surface area contributed by atoms with E-state index in [1.54, 1.807) is 0 Å². The molecule has 0 radical (unpaired) electrons. The molecule has 0 saturated carbocycles. The van der Waals surface area contributed by atoms with Crippen LogP contribution in [0.5, 0.6) is 0 Å². The third kappa shape index (κ3) is 2.54. The molecule has 1 heteroatoms. The number of rotatable bonds is 0. The van der Waals surface area contributed by atoms with Crippen molar-refractivity contribution in [1.82, 2.24) is 0 Å². The molecule has 1 aliphatic rings. The molecular formula is C8H12Mg. The van der Waals surface area contributed by atoms with Gasteiger partial charge in [0.25, 0.3) is 0 Å². The summed E-state index contributed by atoms with van der Waals surface area (Å²) in [7, 11) is 0. The Balaban J connectivity index is 0.000000640. The van der Waals surface area contributed by atoms with Gasteiger partial charge in [-0.25, -0.2) is 0 Å². The van der Waals surface area contributed by atoms with Crippen LogP contribution in [-0.2, 0) is 0 Å². The van der Waals surface area contributed by atoms with Crippen LogP contribution in [0.4, 0.5) is 0 Å². The van der Waals surface area contributed by atoms with Crippen LogP contribution in [-0.4, -0.2) is 23.1 Å². The molecule has 0 aromatic heterocycles. The van der Waals surface area contributed by atoms with E-state index in [1.165, 1.54) is 36.8 Å². The largest absolute Gasteiger partial charge is 2.00 e. The summed E-state index contributed by atoms with van der Waals surface area (Å²) in [4.78, 5) is 0. The van der Waals surface area contributed by atoms with Crippen molar-refractivity contribution in [1.29, 1.82) is 0 Å². The van der Waals surface area contributed by atoms with Gasteiger partial charge in [-0.05, 0) is 0 Å². The smallest absolute Gasteiger partial charge is 0.364 e. The van der Waals surface area contributed by atoms with E-state index in [2.05, 4.69) is 13.8 Å². The molecule has 9 heavy (non-hydrogen) atoms. The molecule has 1 rings (SSSR count). The Bertz CT molecular complexity index is 99.7. The van der Waals surface area contributed by atoms with E-state index in [0.29, 0.717) is 0 Å². The Morgan fingerprint density at radius 1 is 0.889 bits per heavy atom. The molecule has 0 atom stereocenters. The SMILES string of the molecule is [CH2-]C1=C([CH2-])CCCC1.[Mg+2]. The molecule has 0 saturated heterocycles. The zero-order valence-corrected chi connectivity index (χ0v) is 7.36. The molecule has 0 bridgehead atoms. The first kappa shape index (κ1) is 9.25. The summed E-state index contributed by atoms with van der Waals surface area (Å²) in [6.07, 6.45) is 4.99. The van der Waals surface area contributed by atoms with Crippen molar-refractivity contribution in [2.45, 2.75) is 25.7 Å². The van der Waals surface area contributed by atoms with E-state index >= 15 is 0 Å². The molecule has 0 fully saturated rings. The van der Waals surface area contributed by atoms with Gasteiger partial charge in [0, 0.05) is 0 Å². The number of hydrogen-bond acceptors (Lipinski definition) is 0. The van der Waals surface area contributed by atoms with Crippen LogP contribution >= 0.6 is 0 Å². The van der Waals surface area contributed by atoms with Gasteiger partial charge in [0.2, 0.25) is 0 Å². The zero-order valence-electron chi connectivity index (χ0n) is 5.95. The van der Waals surface area contributed by atoms with Gasteiger partial charge in [0.1, 0.15) is 0 Å². The normalized spacial score (nSPS) is 19.1. The molecule has 0 amide bonds. The van der Waals surface area contributed by atoms with Gasteiger partial charge in [0.15, 0.2) is 0 Å². The van der Waals surface area contributed by atoms with Crippen LogP contribution in [0.2, 0.25) is 0 Å². The fraction of sp³-hybridized carbons (Fsp3) is 0.500.